The summed E-state index contributed by atoms with van der Waals surface area (Å²) < 4.78 is 0. The van der Waals surface area contributed by atoms with Gasteiger partial charge in [0.05, 0.1) is 0 Å². The molecule has 19 heavy (non-hydrogen) atoms. The quantitative estimate of drug-likeness (QED) is 0.518. The van der Waals surface area contributed by atoms with Gasteiger partial charge in [-0.25, -0.2) is 9.59 Å². The lowest BCUT2D eigenvalue weighted by Gasteiger charge is -2.16. The average Bonchev–Trinajstić information content (AvgIpc) is 3.22. The van der Waals surface area contributed by atoms with Crippen molar-refractivity contribution >= 4 is 12.0 Å². The molecule has 2 rings (SSSR count). The number of carbonyl (C=O) groups excluding carboxylic acids is 1. The number of hydrogen-bond donors (Lipinski definition) is 4. The zero-order chi connectivity index (χ0) is 13.8. The number of nitrogens with one attached hydrogen (secondary N) is 2. The van der Waals surface area contributed by atoms with Crippen LogP contribution in [0, 0.1) is 17.8 Å². The summed E-state index contributed by atoms with van der Waals surface area (Å²) in [7, 11) is 0. The number of aliphatic hydroxyl groups is 1. The van der Waals surface area contributed by atoms with Crippen LogP contribution in [0.2, 0.25) is 0 Å². The Bertz CT molecular complexity index is 328. The van der Waals surface area contributed by atoms with Gasteiger partial charge < -0.3 is 20.8 Å². The topological polar surface area (TPSA) is 98.7 Å². The Morgan fingerprint density at radius 3 is 2.16 bits per heavy atom. The molecule has 2 saturated carbocycles. The van der Waals surface area contributed by atoms with Crippen molar-refractivity contribution in [3.8, 4) is 0 Å². The molecule has 0 aliphatic heterocycles. The van der Waals surface area contributed by atoms with Crippen molar-refractivity contribution in [2.24, 2.45) is 17.8 Å². The van der Waals surface area contributed by atoms with Crippen molar-refractivity contribution < 1.29 is 19.8 Å². The summed E-state index contributed by atoms with van der Waals surface area (Å²) in [5.74, 6) is 0.948. The van der Waals surface area contributed by atoms with Gasteiger partial charge in [0.2, 0.25) is 0 Å². The van der Waals surface area contributed by atoms with E-state index in [0.29, 0.717) is 12.5 Å². The van der Waals surface area contributed by atoms with E-state index in [2.05, 4.69) is 10.6 Å². The molecule has 6 nitrogen and oxygen atoms in total. The molecule has 2 aliphatic rings. The molecule has 0 aromatic heterocycles. The first kappa shape index (κ1) is 14.1. The molecule has 2 amide bonds. The van der Waals surface area contributed by atoms with Crippen LogP contribution < -0.4 is 10.6 Å². The molecular formula is C13H22N2O4. The second kappa shape index (κ2) is 6.23. The first-order chi connectivity index (χ1) is 9.08. The van der Waals surface area contributed by atoms with Gasteiger partial charge in [0.15, 0.2) is 6.10 Å². The van der Waals surface area contributed by atoms with E-state index in [1.807, 2.05) is 0 Å². The highest BCUT2D eigenvalue weighted by Crippen LogP contribution is 2.48. The molecule has 0 radical (unpaired) electrons. The highest BCUT2D eigenvalue weighted by atomic mass is 16.4. The molecule has 0 spiro atoms. The number of rotatable bonds is 8. The summed E-state index contributed by atoms with van der Waals surface area (Å²) in [6.07, 6.45) is 3.76. The van der Waals surface area contributed by atoms with Gasteiger partial charge in [0, 0.05) is 19.5 Å². The fourth-order valence-corrected chi connectivity index (χ4v) is 2.49. The zero-order valence-corrected chi connectivity index (χ0v) is 11.0. The minimum atomic E-state index is -1.41. The van der Waals surface area contributed by atoms with Gasteiger partial charge in [0.25, 0.3) is 0 Å². The van der Waals surface area contributed by atoms with Crippen LogP contribution in [0.3, 0.4) is 0 Å². The lowest BCUT2D eigenvalue weighted by molar-refractivity contribution is -0.146. The Kier molecular flexibility index (Phi) is 4.63. The number of amides is 2. The fraction of sp³-hybridized carbons (Fsp3) is 0.846. The van der Waals surface area contributed by atoms with Crippen LogP contribution in [-0.2, 0) is 4.79 Å². The van der Waals surface area contributed by atoms with Crippen LogP contribution in [0.15, 0.2) is 0 Å². The molecule has 0 unspecified atom stereocenters. The van der Waals surface area contributed by atoms with Crippen LogP contribution in [0.4, 0.5) is 4.79 Å². The molecular weight excluding hydrogens is 248 g/mol. The number of carboxylic acids is 1. The summed E-state index contributed by atoms with van der Waals surface area (Å²) >= 11 is 0. The third-order valence-corrected chi connectivity index (χ3v) is 3.94. The van der Waals surface area contributed by atoms with Gasteiger partial charge in [-0.2, -0.15) is 0 Å². The number of carbonyl (C=O) groups is 2. The third-order valence-electron chi connectivity index (χ3n) is 3.94. The van der Waals surface area contributed by atoms with E-state index in [4.69, 9.17) is 10.2 Å². The van der Waals surface area contributed by atoms with E-state index in [1.54, 1.807) is 0 Å². The summed E-state index contributed by atoms with van der Waals surface area (Å²) in [6.45, 7) is 0.874. The Hall–Kier alpha value is -1.30. The highest BCUT2D eigenvalue weighted by Gasteiger charge is 2.41. The molecule has 0 bridgehead atoms. The van der Waals surface area contributed by atoms with Gasteiger partial charge in [-0.1, -0.05) is 0 Å². The molecule has 0 aromatic carbocycles. The normalized spacial score (nSPS) is 20.1. The van der Waals surface area contributed by atoms with E-state index in [1.165, 1.54) is 25.7 Å². The van der Waals surface area contributed by atoms with Crippen molar-refractivity contribution in [3.05, 3.63) is 0 Å². The zero-order valence-electron chi connectivity index (χ0n) is 11.0. The van der Waals surface area contributed by atoms with E-state index >= 15 is 0 Å². The van der Waals surface area contributed by atoms with Crippen molar-refractivity contribution in [1.82, 2.24) is 10.6 Å². The molecule has 2 aliphatic carbocycles. The summed E-state index contributed by atoms with van der Waals surface area (Å²) in [5.41, 5.74) is 0. The minimum Gasteiger partial charge on any atom is -0.479 e. The van der Waals surface area contributed by atoms with E-state index < -0.39 is 12.1 Å². The van der Waals surface area contributed by atoms with Gasteiger partial charge in [-0.15, -0.1) is 0 Å². The fourth-order valence-electron chi connectivity index (χ4n) is 2.49. The average molecular weight is 270 g/mol. The minimum absolute atomic E-state index is 0.0252. The Balaban J connectivity index is 1.57. The largest absolute Gasteiger partial charge is 0.479 e. The van der Waals surface area contributed by atoms with Gasteiger partial charge in [0.1, 0.15) is 0 Å². The smallest absolute Gasteiger partial charge is 0.332 e. The standard InChI is InChI=1S/C13H22N2O4/c16-11(12(17)18)5-6-14-13(19)15-7-10(8-1-2-8)9-3-4-9/h8-11,16H,1-7H2,(H,17,18)(H2,14,15,19)/t11-/m0/s1. The van der Waals surface area contributed by atoms with E-state index in [9.17, 15) is 9.59 Å². The molecule has 6 heteroatoms. The Morgan fingerprint density at radius 2 is 1.68 bits per heavy atom. The number of carboxylic acid groups (broad SMARTS) is 1. The van der Waals surface area contributed by atoms with Crippen molar-refractivity contribution in [2.45, 2.75) is 38.2 Å². The van der Waals surface area contributed by atoms with Crippen molar-refractivity contribution in [1.29, 1.82) is 0 Å². The predicted molar refractivity (Wildman–Crippen MR) is 68.6 cm³/mol. The van der Waals surface area contributed by atoms with Crippen LogP contribution in [0.5, 0.6) is 0 Å². The maximum Gasteiger partial charge on any atom is 0.332 e. The number of urea groups is 1. The Labute approximate surface area is 112 Å². The molecule has 0 saturated heterocycles. The lowest BCUT2D eigenvalue weighted by atomic mass is 9.98. The number of aliphatic hydroxyl groups excluding tert-OH is 1. The molecule has 4 N–H and O–H groups in total. The second-order valence-electron chi connectivity index (χ2n) is 5.62. The first-order valence-electron chi connectivity index (χ1n) is 7.00. The first-order valence-corrected chi connectivity index (χ1v) is 7.00. The maximum atomic E-state index is 11.5. The van der Waals surface area contributed by atoms with E-state index in [-0.39, 0.29) is 19.0 Å². The number of aliphatic carboxylic acids is 1. The van der Waals surface area contributed by atoms with Gasteiger partial charge >= 0.3 is 12.0 Å². The van der Waals surface area contributed by atoms with Crippen LogP contribution >= 0.6 is 0 Å². The van der Waals surface area contributed by atoms with Crippen molar-refractivity contribution in [2.75, 3.05) is 13.1 Å². The number of hydrogen-bond acceptors (Lipinski definition) is 3. The Morgan fingerprint density at radius 1 is 1.11 bits per heavy atom. The third kappa shape index (κ3) is 4.70. The molecule has 108 valence electrons. The van der Waals surface area contributed by atoms with Crippen LogP contribution in [0.25, 0.3) is 0 Å². The predicted octanol–water partition coefficient (Wildman–Crippen LogP) is 0.557. The monoisotopic (exact) mass is 270 g/mol. The highest BCUT2D eigenvalue weighted by molar-refractivity contribution is 5.74. The summed E-state index contributed by atoms with van der Waals surface area (Å²) in [5, 5.41) is 22.9. The summed E-state index contributed by atoms with van der Waals surface area (Å²) in [4.78, 5) is 21.9. The molecule has 0 heterocycles. The van der Waals surface area contributed by atoms with Crippen molar-refractivity contribution in [3.63, 3.8) is 0 Å². The SMILES string of the molecule is O=C(NCC[C@H](O)C(=O)O)NCC(C1CC1)C1CC1. The summed E-state index contributed by atoms with van der Waals surface area (Å²) in [6, 6.07) is -0.274. The van der Waals surface area contributed by atoms with Crippen LogP contribution in [-0.4, -0.2) is 41.4 Å². The van der Waals surface area contributed by atoms with Gasteiger partial charge in [-0.3, -0.25) is 0 Å². The van der Waals surface area contributed by atoms with E-state index in [0.717, 1.165) is 11.8 Å². The maximum absolute atomic E-state index is 11.5. The second-order valence-corrected chi connectivity index (χ2v) is 5.62. The molecule has 0 aromatic rings. The molecule has 2 fully saturated rings. The van der Waals surface area contributed by atoms with Crippen LogP contribution in [0.1, 0.15) is 32.1 Å². The lowest BCUT2D eigenvalue weighted by Crippen LogP contribution is -2.40. The molecule has 1 atom stereocenters. The van der Waals surface area contributed by atoms with Gasteiger partial charge in [-0.05, 0) is 43.4 Å².